The maximum Gasteiger partial charge on any atom is 0.321 e. The van der Waals surface area contributed by atoms with Gasteiger partial charge in [0.1, 0.15) is 0 Å². The molecule has 24 heavy (non-hydrogen) atoms. The van der Waals surface area contributed by atoms with Crippen LogP contribution in [-0.2, 0) is 11.3 Å². The summed E-state index contributed by atoms with van der Waals surface area (Å²) in [5.41, 5.74) is 0.479. The van der Waals surface area contributed by atoms with E-state index >= 15 is 0 Å². The third-order valence-electron chi connectivity index (χ3n) is 3.46. The van der Waals surface area contributed by atoms with E-state index in [4.69, 9.17) is 9.47 Å². The molecule has 1 aliphatic heterocycles. The van der Waals surface area contributed by atoms with Crippen LogP contribution in [0.2, 0.25) is 0 Å². The second-order valence-corrected chi connectivity index (χ2v) is 5.06. The van der Waals surface area contributed by atoms with Gasteiger partial charge >= 0.3 is 6.01 Å². The van der Waals surface area contributed by atoms with Gasteiger partial charge in [0, 0.05) is 25.5 Å². The highest BCUT2D eigenvalue weighted by Crippen LogP contribution is 2.13. The van der Waals surface area contributed by atoms with E-state index in [2.05, 4.69) is 25.3 Å². The summed E-state index contributed by atoms with van der Waals surface area (Å²) in [7, 11) is 1.50. The molecule has 1 fully saturated rings. The van der Waals surface area contributed by atoms with E-state index < -0.39 is 0 Å². The zero-order chi connectivity index (χ0) is 16.8. The molecule has 1 saturated heterocycles. The van der Waals surface area contributed by atoms with Crippen LogP contribution in [0, 0.1) is 0 Å². The van der Waals surface area contributed by atoms with Crippen molar-refractivity contribution < 1.29 is 14.3 Å². The molecular weight excluding hydrogens is 312 g/mol. The van der Waals surface area contributed by atoms with Crippen LogP contribution in [0.4, 0.5) is 5.95 Å². The predicted octanol–water partition coefficient (Wildman–Crippen LogP) is 0.0418. The molecule has 3 rings (SSSR count). The van der Waals surface area contributed by atoms with Crippen molar-refractivity contribution in [2.45, 2.75) is 6.54 Å². The van der Waals surface area contributed by atoms with Crippen LogP contribution in [0.25, 0.3) is 0 Å². The highest BCUT2D eigenvalue weighted by atomic mass is 16.5. The van der Waals surface area contributed by atoms with Crippen molar-refractivity contribution in [3.8, 4) is 6.01 Å². The molecule has 126 valence electrons. The lowest BCUT2D eigenvalue weighted by Gasteiger charge is -2.26. The zero-order valence-corrected chi connectivity index (χ0v) is 13.3. The number of carbonyl (C=O) groups is 1. The van der Waals surface area contributed by atoms with E-state index in [1.807, 2.05) is 4.90 Å². The molecule has 1 aliphatic rings. The summed E-state index contributed by atoms with van der Waals surface area (Å²) < 4.78 is 10.5. The Bertz CT molecular complexity index is 691. The Labute approximate surface area is 139 Å². The molecule has 0 spiro atoms. The van der Waals surface area contributed by atoms with Crippen LogP contribution in [0.3, 0.4) is 0 Å². The van der Waals surface area contributed by atoms with Gasteiger partial charge in [0.15, 0.2) is 5.82 Å². The number of nitrogens with one attached hydrogen (secondary N) is 1. The number of ether oxygens (including phenoxy) is 2. The third kappa shape index (κ3) is 3.93. The molecule has 1 N–H and O–H groups in total. The molecule has 3 heterocycles. The quantitative estimate of drug-likeness (QED) is 0.820. The van der Waals surface area contributed by atoms with Crippen molar-refractivity contribution >= 4 is 11.9 Å². The highest BCUT2D eigenvalue weighted by molar-refractivity contribution is 5.93. The first-order valence-corrected chi connectivity index (χ1v) is 7.56. The molecule has 0 aliphatic carbocycles. The van der Waals surface area contributed by atoms with Crippen LogP contribution in [-0.4, -0.2) is 59.3 Å². The van der Waals surface area contributed by atoms with Crippen molar-refractivity contribution in [2.24, 2.45) is 0 Å². The fourth-order valence-corrected chi connectivity index (χ4v) is 2.22. The van der Waals surface area contributed by atoms with Gasteiger partial charge in [0.25, 0.3) is 5.91 Å². The van der Waals surface area contributed by atoms with E-state index in [9.17, 15) is 4.79 Å². The van der Waals surface area contributed by atoms with Gasteiger partial charge in [-0.2, -0.15) is 15.0 Å². The normalized spacial score (nSPS) is 14.3. The van der Waals surface area contributed by atoms with Gasteiger partial charge in [-0.3, -0.25) is 9.78 Å². The average Bonchev–Trinajstić information content (AvgIpc) is 2.67. The molecule has 2 aromatic heterocycles. The van der Waals surface area contributed by atoms with Crippen molar-refractivity contribution in [1.82, 2.24) is 25.3 Å². The fourth-order valence-electron chi connectivity index (χ4n) is 2.22. The first-order chi connectivity index (χ1) is 11.8. The Kier molecular flexibility index (Phi) is 5.12. The lowest BCUT2D eigenvalue weighted by molar-refractivity contribution is 0.0949. The SMILES string of the molecule is COc1nc(CNC(=O)c2cccnc2)nc(N2CCOCC2)n1. The number of methoxy groups -OCH3 is 1. The number of aromatic nitrogens is 4. The summed E-state index contributed by atoms with van der Waals surface area (Å²) in [4.78, 5) is 30.9. The van der Waals surface area contributed by atoms with Crippen LogP contribution < -0.4 is 15.0 Å². The van der Waals surface area contributed by atoms with E-state index in [-0.39, 0.29) is 18.5 Å². The number of anilines is 1. The van der Waals surface area contributed by atoms with Crippen LogP contribution in [0.15, 0.2) is 24.5 Å². The summed E-state index contributed by atoms with van der Waals surface area (Å²) in [5, 5.41) is 2.77. The minimum atomic E-state index is -0.240. The molecule has 0 radical (unpaired) electrons. The Balaban J connectivity index is 1.71. The van der Waals surface area contributed by atoms with Crippen molar-refractivity contribution in [1.29, 1.82) is 0 Å². The zero-order valence-electron chi connectivity index (χ0n) is 13.3. The molecule has 2 aromatic rings. The molecule has 0 unspecified atom stereocenters. The standard InChI is InChI=1S/C15H18N6O3/c1-23-15-19-12(10-17-13(22)11-3-2-4-16-9-11)18-14(20-15)21-5-7-24-8-6-21/h2-4,9H,5-8,10H2,1H3,(H,17,22). The van der Waals surface area contributed by atoms with E-state index in [1.165, 1.54) is 13.3 Å². The molecule has 0 bridgehead atoms. The van der Waals surface area contributed by atoms with Crippen LogP contribution >= 0.6 is 0 Å². The van der Waals surface area contributed by atoms with Gasteiger partial charge in [0.05, 0.1) is 32.4 Å². The fraction of sp³-hybridized carbons (Fsp3) is 0.400. The third-order valence-corrected chi connectivity index (χ3v) is 3.46. The molecule has 9 nitrogen and oxygen atoms in total. The van der Waals surface area contributed by atoms with Gasteiger partial charge in [0.2, 0.25) is 5.95 Å². The predicted molar refractivity (Wildman–Crippen MR) is 84.8 cm³/mol. The number of morpholine rings is 1. The van der Waals surface area contributed by atoms with Crippen LogP contribution in [0.1, 0.15) is 16.2 Å². The summed E-state index contributed by atoms with van der Waals surface area (Å²) in [6.45, 7) is 2.83. The molecule has 9 heteroatoms. The first kappa shape index (κ1) is 16.1. The van der Waals surface area contributed by atoms with Crippen molar-refractivity contribution in [3.63, 3.8) is 0 Å². The van der Waals surface area contributed by atoms with Gasteiger partial charge in [-0.05, 0) is 12.1 Å². The second kappa shape index (κ2) is 7.64. The van der Waals surface area contributed by atoms with Gasteiger partial charge in [-0.25, -0.2) is 0 Å². The summed E-state index contributed by atoms with van der Waals surface area (Å²) >= 11 is 0. The number of carbonyl (C=O) groups excluding carboxylic acids is 1. The minimum Gasteiger partial charge on any atom is -0.467 e. The average molecular weight is 330 g/mol. The largest absolute Gasteiger partial charge is 0.467 e. The number of pyridine rings is 1. The van der Waals surface area contributed by atoms with Crippen LogP contribution in [0.5, 0.6) is 6.01 Å². The van der Waals surface area contributed by atoms with E-state index in [1.54, 1.807) is 18.3 Å². The molecule has 1 amide bonds. The summed E-state index contributed by atoms with van der Waals surface area (Å²) in [6.07, 6.45) is 3.12. The van der Waals surface area contributed by atoms with Crippen molar-refractivity contribution in [3.05, 3.63) is 35.9 Å². The van der Waals surface area contributed by atoms with Gasteiger partial charge in [-0.15, -0.1) is 0 Å². The lowest BCUT2D eigenvalue weighted by Crippen LogP contribution is -2.37. The number of nitrogens with zero attached hydrogens (tertiary/aromatic N) is 5. The monoisotopic (exact) mass is 330 g/mol. The number of amides is 1. The first-order valence-electron chi connectivity index (χ1n) is 7.56. The van der Waals surface area contributed by atoms with Gasteiger partial charge < -0.3 is 19.7 Å². The Morgan fingerprint density at radius 2 is 2.17 bits per heavy atom. The van der Waals surface area contributed by atoms with Gasteiger partial charge in [-0.1, -0.05) is 0 Å². The summed E-state index contributed by atoms with van der Waals surface area (Å²) in [5.74, 6) is 0.715. The van der Waals surface area contributed by atoms with E-state index in [0.29, 0.717) is 43.6 Å². The topological polar surface area (TPSA) is 102 Å². The highest BCUT2D eigenvalue weighted by Gasteiger charge is 2.17. The number of hydrogen-bond donors (Lipinski definition) is 1. The molecule has 0 saturated carbocycles. The smallest absolute Gasteiger partial charge is 0.321 e. The second-order valence-electron chi connectivity index (χ2n) is 5.06. The Morgan fingerprint density at radius 1 is 1.33 bits per heavy atom. The number of rotatable bonds is 5. The maximum atomic E-state index is 12.1. The van der Waals surface area contributed by atoms with E-state index in [0.717, 1.165) is 0 Å². The molecule has 0 aromatic carbocycles. The Morgan fingerprint density at radius 3 is 2.88 bits per heavy atom. The summed E-state index contributed by atoms with van der Waals surface area (Å²) in [6, 6.07) is 3.62. The molecular formula is C15H18N6O3. The maximum absolute atomic E-state index is 12.1. The Hall–Kier alpha value is -2.81. The minimum absolute atomic E-state index is 0.171. The molecule has 0 atom stereocenters. The number of hydrogen-bond acceptors (Lipinski definition) is 8. The lowest BCUT2D eigenvalue weighted by atomic mass is 10.3. The van der Waals surface area contributed by atoms with Crippen molar-refractivity contribution in [2.75, 3.05) is 38.3 Å².